The van der Waals surface area contributed by atoms with Crippen molar-refractivity contribution in [2.45, 2.75) is 12.8 Å². The summed E-state index contributed by atoms with van der Waals surface area (Å²) in [5.74, 6) is 0.893. The largest absolute Gasteiger partial charge is 0.497 e. The average Bonchev–Trinajstić information content (AvgIpc) is 3.03. The highest BCUT2D eigenvalue weighted by molar-refractivity contribution is 5.83. The van der Waals surface area contributed by atoms with E-state index in [1.807, 2.05) is 49.6 Å². The van der Waals surface area contributed by atoms with Gasteiger partial charge in [-0.05, 0) is 35.7 Å². The van der Waals surface area contributed by atoms with E-state index < -0.39 is 0 Å². The van der Waals surface area contributed by atoms with Gasteiger partial charge < -0.3 is 14.6 Å². The molecule has 0 aliphatic heterocycles. The summed E-state index contributed by atoms with van der Waals surface area (Å²) in [5.41, 5.74) is 3.35. The van der Waals surface area contributed by atoms with E-state index in [1.165, 1.54) is 10.9 Å². The van der Waals surface area contributed by atoms with Gasteiger partial charge in [0.05, 0.1) is 13.5 Å². The summed E-state index contributed by atoms with van der Waals surface area (Å²) in [4.78, 5) is 17.5. The highest BCUT2D eigenvalue weighted by Crippen LogP contribution is 2.18. The van der Waals surface area contributed by atoms with Crippen LogP contribution in [0.25, 0.3) is 10.9 Å². The number of methoxy groups -OCH3 is 1. The van der Waals surface area contributed by atoms with E-state index in [9.17, 15) is 4.79 Å². The lowest BCUT2D eigenvalue weighted by atomic mass is 10.1. The van der Waals surface area contributed by atoms with E-state index in [0.717, 1.165) is 23.3 Å². The zero-order valence-electron chi connectivity index (χ0n) is 14.1. The Morgan fingerprint density at radius 1 is 1.17 bits per heavy atom. The summed E-state index contributed by atoms with van der Waals surface area (Å²) in [7, 11) is 3.49. The number of carbonyl (C=O) groups excluding carboxylic acids is 1. The molecule has 0 unspecified atom stereocenters. The molecule has 0 saturated heterocycles. The number of hydrogen-bond acceptors (Lipinski definition) is 2. The first-order valence-electron chi connectivity index (χ1n) is 8.09. The van der Waals surface area contributed by atoms with Gasteiger partial charge in [-0.25, -0.2) is 0 Å². The second-order valence-corrected chi connectivity index (χ2v) is 5.95. The maximum atomic E-state index is 12.4. The standard InChI is InChI=1S/C20H22N2O2/c1-22(20(23)13-15-6-5-7-17(12-15)24-2)11-10-16-14-21-19-9-4-3-8-18(16)19/h3-9,12,14,21H,10-11,13H2,1-2H3. The quantitative estimate of drug-likeness (QED) is 0.756. The highest BCUT2D eigenvalue weighted by Gasteiger charge is 2.11. The van der Waals surface area contributed by atoms with Gasteiger partial charge >= 0.3 is 0 Å². The molecule has 0 spiro atoms. The number of carbonyl (C=O) groups is 1. The molecule has 0 bridgehead atoms. The topological polar surface area (TPSA) is 45.3 Å². The van der Waals surface area contributed by atoms with Crippen molar-refractivity contribution in [3.63, 3.8) is 0 Å². The summed E-state index contributed by atoms with van der Waals surface area (Å²) in [6.45, 7) is 0.699. The molecule has 3 rings (SSSR count). The van der Waals surface area contributed by atoms with Crippen LogP contribution < -0.4 is 4.74 Å². The molecule has 4 heteroatoms. The third-order valence-electron chi connectivity index (χ3n) is 4.31. The van der Waals surface area contributed by atoms with Gasteiger partial charge in [0.25, 0.3) is 0 Å². The summed E-state index contributed by atoms with van der Waals surface area (Å²) in [6, 6.07) is 15.9. The third-order valence-corrected chi connectivity index (χ3v) is 4.31. The van der Waals surface area contributed by atoms with E-state index in [1.54, 1.807) is 12.0 Å². The van der Waals surface area contributed by atoms with Crippen LogP contribution in [0.1, 0.15) is 11.1 Å². The Labute approximate surface area is 142 Å². The summed E-state index contributed by atoms with van der Waals surface area (Å²) in [5, 5.41) is 1.23. The van der Waals surface area contributed by atoms with Crippen LogP contribution in [0.3, 0.4) is 0 Å². The number of benzene rings is 2. The number of nitrogens with one attached hydrogen (secondary N) is 1. The Kier molecular flexibility index (Phi) is 4.85. The van der Waals surface area contributed by atoms with Crippen LogP contribution in [-0.2, 0) is 17.6 Å². The molecule has 0 saturated carbocycles. The average molecular weight is 322 g/mol. The van der Waals surface area contributed by atoms with Crippen LogP contribution >= 0.6 is 0 Å². The first-order chi connectivity index (χ1) is 11.7. The van der Waals surface area contributed by atoms with Crippen molar-refractivity contribution >= 4 is 16.8 Å². The predicted octanol–water partition coefficient (Wildman–Crippen LogP) is 3.42. The SMILES string of the molecule is COc1cccc(CC(=O)N(C)CCc2c[nH]c3ccccc23)c1. The number of H-pyrrole nitrogens is 1. The molecular weight excluding hydrogens is 300 g/mol. The Hall–Kier alpha value is -2.75. The lowest BCUT2D eigenvalue weighted by molar-refractivity contribution is -0.129. The van der Waals surface area contributed by atoms with Gasteiger partial charge in [0.2, 0.25) is 5.91 Å². The van der Waals surface area contributed by atoms with E-state index >= 15 is 0 Å². The number of rotatable bonds is 6. The molecular formula is C20H22N2O2. The van der Waals surface area contributed by atoms with Crippen molar-refractivity contribution in [3.8, 4) is 5.75 Å². The van der Waals surface area contributed by atoms with Crippen LogP contribution in [0.2, 0.25) is 0 Å². The molecule has 1 amide bonds. The van der Waals surface area contributed by atoms with Crippen molar-refractivity contribution in [2.24, 2.45) is 0 Å². The zero-order chi connectivity index (χ0) is 16.9. The lowest BCUT2D eigenvalue weighted by Gasteiger charge is -2.17. The van der Waals surface area contributed by atoms with E-state index in [2.05, 4.69) is 17.1 Å². The molecule has 0 radical (unpaired) electrons. The molecule has 0 fully saturated rings. The smallest absolute Gasteiger partial charge is 0.226 e. The summed E-state index contributed by atoms with van der Waals surface area (Å²) < 4.78 is 5.21. The Morgan fingerprint density at radius 3 is 2.83 bits per heavy atom. The summed E-state index contributed by atoms with van der Waals surface area (Å²) in [6.07, 6.45) is 3.26. The van der Waals surface area contributed by atoms with Crippen LogP contribution in [0.4, 0.5) is 0 Å². The summed E-state index contributed by atoms with van der Waals surface area (Å²) >= 11 is 0. The molecule has 0 atom stereocenters. The molecule has 3 aromatic rings. The number of aromatic amines is 1. The molecule has 24 heavy (non-hydrogen) atoms. The van der Waals surface area contributed by atoms with E-state index in [0.29, 0.717) is 13.0 Å². The first kappa shape index (κ1) is 16.1. The molecule has 2 aromatic carbocycles. The maximum absolute atomic E-state index is 12.4. The second-order valence-electron chi connectivity index (χ2n) is 5.95. The first-order valence-corrected chi connectivity index (χ1v) is 8.09. The number of para-hydroxylation sites is 1. The monoisotopic (exact) mass is 322 g/mol. The molecule has 0 aliphatic carbocycles. The van der Waals surface area contributed by atoms with Crippen molar-refractivity contribution in [1.29, 1.82) is 0 Å². The predicted molar refractivity (Wildman–Crippen MR) is 96.3 cm³/mol. The fourth-order valence-electron chi connectivity index (χ4n) is 2.84. The number of hydrogen-bond donors (Lipinski definition) is 1. The molecule has 124 valence electrons. The number of nitrogens with zero attached hydrogens (tertiary/aromatic N) is 1. The number of likely N-dealkylation sites (N-methyl/N-ethyl adjacent to an activating group) is 1. The molecule has 0 aliphatic rings. The van der Waals surface area contributed by atoms with Crippen LogP contribution in [0.5, 0.6) is 5.75 Å². The Morgan fingerprint density at radius 2 is 2.00 bits per heavy atom. The zero-order valence-corrected chi connectivity index (χ0v) is 14.1. The lowest BCUT2D eigenvalue weighted by Crippen LogP contribution is -2.30. The molecule has 1 aromatic heterocycles. The van der Waals surface area contributed by atoms with Gasteiger partial charge in [0, 0.05) is 30.7 Å². The minimum atomic E-state index is 0.114. The number of aromatic nitrogens is 1. The molecule has 4 nitrogen and oxygen atoms in total. The van der Waals surface area contributed by atoms with Gasteiger partial charge in [0.1, 0.15) is 5.75 Å². The van der Waals surface area contributed by atoms with Crippen molar-refractivity contribution in [1.82, 2.24) is 9.88 Å². The third kappa shape index (κ3) is 3.59. The minimum Gasteiger partial charge on any atom is -0.497 e. The van der Waals surface area contributed by atoms with Gasteiger partial charge in [-0.3, -0.25) is 4.79 Å². The van der Waals surface area contributed by atoms with E-state index in [-0.39, 0.29) is 5.91 Å². The van der Waals surface area contributed by atoms with Crippen LogP contribution in [0, 0.1) is 0 Å². The van der Waals surface area contributed by atoms with Gasteiger partial charge in [0.15, 0.2) is 0 Å². The fourth-order valence-corrected chi connectivity index (χ4v) is 2.84. The fraction of sp³-hybridized carbons (Fsp3) is 0.250. The van der Waals surface area contributed by atoms with Crippen LogP contribution in [0.15, 0.2) is 54.7 Å². The highest BCUT2D eigenvalue weighted by atomic mass is 16.5. The molecule has 1 N–H and O–H groups in total. The van der Waals surface area contributed by atoms with Crippen molar-refractivity contribution in [3.05, 3.63) is 65.9 Å². The van der Waals surface area contributed by atoms with Gasteiger partial charge in [-0.1, -0.05) is 30.3 Å². The number of amides is 1. The maximum Gasteiger partial charge on any atom is 0.226 e. The van der Waals surface area contributed by atoms with Crippen molar-refractivity contribution < 1.29 is 9.53 Å². The van der Waals surface area contributed by atoms with Gasteiger partial charge in [-0.2, -0.15) is 0 Å². The number of fused-ring (bicyclic) bond motifs is 1. The molecule has 1 heterocycles. The van der Waals surface area contributed by atoms with Crippen LogP contribution in [-0.4, -0.2) is 36.5 Å². The van der Waals surface area contributed by atoms with Gasteiger partial charge in [-0.15, -0.1) is 0 Å². The Balaban J connectivity index is 1.60. The Bertz CT molecular complexity index is 838. The normalized spacial score (nSPS) is 10.8. The second kappa shape index (κ2) is 7.21. The van der Waals surface area contributed by atoms with Crippen molar-refractivity contribution in [2.75, 3.05) is 20.7 Å². The number of ether oxygens (including phenoxy) is 1. The van der Waals surface area contributed by atoms with E-state index in [4.69, 9.17) is 4.74 Å². The minimum absolute atomic E-state index is 0.114.